The van der Waals surface area contributed by atoms with Crippen molar-refractivity contribution >= 4 is 21.8 Å². The molecule has 0 aliphatic heterocycles. The lowest BCUT2D eigenvalue weighted by Gasteiger charge is -2.24. The Morgan fingerprint density at radius 2 is 2.12 bits per heavy atom. The highest BCUT2D eigenvalue weighted by Crippen LogP contribution is 2.20. The van der Waals surface area contributed by atoms with E-state index in [0.29, 0.717) is 0 Å². The number of carbonyl (C=O) groups excluding carboxylic acids is 1. The molecular weight excluding hydrogens is 266 g/mol. The molecule has 1 aromatic carbocycles. The first-order valence-corrected chi connectivity index (χ1v) is 6.30. The number of aryl methyl sites for hydroxylation is 1. The molecule has 0 heterocycles. The monoisotopic (exact) mass is 283 g/mol. The number of rotatable bonds is 3. The van der Waals surface area contributed by atoms with Crippen LogP contribution in [0.3, 0.4) is 0 Å². The third-order valence-electron chi connectivity index (χ3n) is 2.92. The van der Waals surface area contributed by atoms with Gasteiger partial charge in [0.25, 0.3) is 5.91 Å². The predicted molar refractivity (Wildman–Crippen MR) is 70.7 cm³/mol. The zero-order valence-electron chi connectivity index (χ0n) is 10.2. The van der Waals surface area contributed by atoms with Crippen molar-refractivity contribution in [3.8, 4) is 0 Å². The quantitative estimate of drug-likeness (QED) is 0.830. The van der Waals surface area contributed by atoms with Crippen LogP contribution in [0.15, 0.2) is 22.7 Å². The second-order valence-corrected chi connectivity index (χ2v) is 5.01. The Morgan fingerprint density at radius 3 is 2.69 bits per heavy atom. The highest BCUT2D eigenvalue weighted by atomic mass is 79.9. The summed E-state index contributed by atoms with van der Waals surface area (Å²) in [6.45, 7) is 6.13. The normalized spacial score (nSPS) is 12.3. The summed E-state index contributed by atoms with van der Waals surface area (Å²) >= 11 is 3.42. The number of halogens is 1. The summed E-state index contributed by atoms with van der Waals surface area (Å²) in [5.41, 5.74) is 1.84. The van der Waals surface area contributed by atoms with Gasteiger partial charge in [0.15, 0.2) is 0 Å². The molecule has 0 radical (unpaired) electrons. The minimum Gasteiger partial charge on any atom is -0.339 e. The Hall–Kier alpha value is -0.830. The topological polar surface area (TPSA) is 20.3 Å². The molecule has 0 bridgehead atoms. The molecule has 0 N–H and O–H groups in total. The van der Waals surface area contributed by atoms with Gasteiger partial charge in [-0.2, -0.15) is 0 Å². The van der Waals surface area contributed by atoms with Crippen LogP contribution in [0.5, 0.6) is 0 Å². The molecule has 1 aromatic rings. The molecule has 1 atom stereocenters. The third kappa shape index (κ3) is 2.85. The molecule has 3 heteroatoms. The van der Waals surface area contributed by atoms with Crippen LogP contribution in [-0.4, -0.2) is 23.9 Å². The maximum Gasteiger partial charge on any atom is 0.254 e. The molecule has 0 aromatic heterocycles. The molecule has 0 saturated heterocycles. The Balaban J connectivity index is 3.00. The lowest BCUT2D eigenvalue weighted by atomic mass is 10.1. The van der Waals surface area contributed by atoms with E-state index in [1.54, 1.807) is 4.90 Å². The largest absolute Gasteiger partial charge is 0.339 e. The van der Waals surface area contributed by atoms with Gasteiger partial charge >= 0.3 is 0 Å². The summed E-state index contributed by atoms with van der Waals surface area (Å²) in [7, 11) is 1.85. The van der Waals surface area contributed by atoms with Crippen molar-refractivity contribution in [3.63, 3.8) is 0 Å². The summed E-state index contributed by atoms with van der Waals surface area (Å²) < 4.78 is 0.859. The number of hydrogen-bond acceptors (Lipinski definition) is 1. The average molecular weight is 284 g/mol. The van der Waals surface area contributed by atoms with Gasteiger partial charge in [-0.25, -0.2) is 0 Å². The maximum absolute atomic E-state index is 12.2. The maximum atomic E-state index is 12.2. The van der Waals surface area contributed by atoms with Crippen molar-refractivity contribution < 1.29 is 4.79 Å². The fourth-order valence-corrected chi connectivity index (χ4v) is 1.88. The van der Waals surface area contributed by atoms with E-state index in [-0.39, 0.29) is 11.9 Å². The van der Waals surface area contributed by atoms with Gasteiger partial charge < -0.3 is 4.90 Å². The zero-order valence-corrected chi connectivity index (χ0v) is 11.8. The molecule has 0 spiro atoms. The van der Waals surface area contributed by atoms with E-state index in [1.165, 1.54) is 0 Å². The van der Waals surface area contributed by atoms with E-state index in [2.05, 4.69) is 29.8 Å². The fraction of sp³-hybridized carbons (Fsp3) is 0.462. The summed E-state index contributed by atoms with van der Waals surface area (Å²) in [4.78, 5) is 14.0. The van der Waals surface area contributed by atoms with Crippen molar-refractivity contribution in [1.29, 1.82) is 0 Å². The average Bonchev–Trinajstić information content (AvgIpc) is 2.29. The van der Waals surface area contributed by atoms with Crippen LogP contribution in [0.2, 0.25) is 0 Å². The molecule has 2 nitrogen and oxygen atoms in total. The SMILES string of the molecule is CCC(C)N(C)C(=O)c1cc(C)ccc1Br. The van der Waals surface area contributed by atoms with Crippen LogP contribution >= 0.6 is 15.9 Å². The van der Waals surface area contributed by atoms with E-state index in [0.717, 1.165) is 22.0 Å². The number of benzene rings is 1. The van der Waals surface area contributed by atoms with Gasteiger partial charge in [0.1, 0.15) is 0 Å². The van der Waals surface area contributed by atoms with Gasteiger partial charge in [-0.3, -0.25) is 4.79 Å². The third-order valence-corrected chi connectivity index (χ3v) is 3.62. The molecular formula is C13H18BrNO. The van der Waals surface area contributed by atoms with Crippen molar-refractivity contribution in [1.82, 2.24) is 4.90 Å². The summed E-state index contributed by atoms with van der Waals surface area (Å²) in [6.07, 6.45) is 0.964. The molecule has 0 fully saturated rings. The van der Waals surface area contributed by atoms with Crippen molar-refractivity contribution in [3.05, 3.63) is 33.8 Å². The van der Waals surface area contributed by atoms with Gasteiger partial charge in [0.05, 0.1) is 5.56 Å². The molecule has 1 amide bonds. The van der Waals surface area contributed by atoms with Crippen LogP contribution in [-0.2, 0) is 0 Å². The summed E-state index contributed by atoms with van der Waals surface area (Å²) in [6, 6.07) is 6.10. The molecule has 16 heavy (non-hydrogen) atoms. The Kier molecular flexibility index (Phi) is 4.54. The lowest BCUT2D eigenvalue weighted by Crippen LogP contribution is -2.34. The molecule has 1 unspecified atom stereocenters. The van der Waals surface area contributed by atoms with Gasteiger partial charge in [-0.15, -0.1) is 0 Å². The minimum absolute atomic E-state index is 0.0740. The van der Waals surface area contributed by atoms with E-state index < -0.39 is 0 Å². The Labute approximate surface area is 106 Å². The lowest BCUT2D eigenvalue weighted by molar-refractivity contribution is 0.0739. The van der Waals surface area contributed by atoms with E-state index in [1.807, 2.05) is 32.2 Å². The molecule has 0 aliphatic rings. The summed E-state index contributed by atoms with van der Waals surface area (Å²) in [5, 5.41) is 0. The summed E-state index contributed by atoms with van der Waals surface area (Å²) in [5.74, 6) is 0.0740. The van der Waals surface area contributed by atoms with Crippen LogP contribution in [0.25, 0.3) is 0 Å². The van der Waals surface area contributed by atoms with Gasteiger partial charge in [-0.05, 0) is 48.3 Å². The molecule has 0 saturated carbocycles. The fourth-order valence-electron chi connectivity index (χ4n) is 1.47. The van der Waals surface area contributed by atoms with Gasteiger partial charge in [0.2, 0.25) is 0 Å². The van der Waals surface area contributed by atoms with Crippen molar-refractivity contribution in [2.75, 3.05) is 7.05 Å². The second kappa shape index (κ2) is 5.48. The number of hydrogen-bond donors (Lipinski definition) is 0. The van der Waals surface area contributed by atoms with E-state index in [9.17, 15) is 4.79 Å². The van der Waals surface area contributed by atoms with Crippen molar-refractivity contribution in [2.45, 2.75) is 33.2 Å². The first-order valence-electron chi connectivity index (χ1n) is 5.50. The first kappa shape index (κ1) is 13.2. The number of carbonyl (C=O) groups is 1. The highest BCUT2D eigenvalue weighted by molar-refractivity contribution is 9.10. The Bertz CT molecular complexity index is 390. The minimum atomic E-state index is 0.0740. The van der Waals surface area contributed by atoms with Crippen LogP contribution in [0.1, 0.15) is 36.2 Å². The molecule has 88 valence electrons. The van der Waals surface area contributed by atoms with Gasteiger partial charge in [0, 0.05) is 17.6 Å². The number of nitrogens with zero attached hydrogens (tertiary/aromatic N) is 1. The Morgan fingerprint density at radius 1 is 1.50 bits per heavy atom. The second-order valence-electron chi connectivity index (χ2n) is 4.16. The van der Waals surface area contributed by atoms with Crippen molar-refractivity contribution in [2.24, 2.45) is 0 Å². The molecule has 0 aliphatic carbocycles. The van der Waals surface area contributed by atoms with Crippen LogP contribution in [0.4, 0.5) is 0 Å². The highest BCUT2D eigenvalue weighted by Gasteiger charge is 2.18. The van der Waals surface area contributed by atoms with E-state index >= 15 is 0 Å². The molecule has 1 rings (SSSR count). The van der Waals surface area contributed by atoms with Crippen LogP contribution < -0.4 is 0 Å². The number of amides is 1. The predicted octanol–water partition coefficient (Wildman–Crippen LogP) is 3.63. The first-order chi connectivity index (χ1) is 7.47. The standard InChI is InChI=1S/C13H18BrNO/c1-5-10(3)15(4)13(16)11-8-9(2)6-7-12(11)14/h6-8,10H,5H2,1-4H3. The van der Waals surface area contributed by atoms with Crippen LogP contribution in [0, 0.1) is 6.92 Å². The smallest absolute Gasteiger partial charge is 0.254 e. The van der Waals surface area contributed by atoms with Gasteiger partial charge in [-0.1, -0.05) is 18.6 Å². The van der Waals surface area contributed by atoms with E-state index in [4.69, 9.17) is 0 Å². The zero-order chi connectivity index (χ0) is 12.3.